The minimum atomic E-state index is -0.284. The van der Waals surface area contributed by atoms with Crippen molar-refractivity contribution < 1.29 is 9.18 Å². The van der Waals surface area contributed by atoms with E-state index >= 15 is 0 Å². The highest BCUT2D eigenvalue weighted by atomic mass is 19.1. The Bertz CT molecular complexity index is 668. The predicted molar refractivity (Wildman–Crippen MR) is 95.7 cm³/mol. The second-order valence-corrected chi connectivity index (χ2v) is 8.57. The lowest BCUT2D eigenvalue weighted by Crippen LogP contribution is -2.52. The molecule has 2 saturated carbocycles. The zero-order valence-corrected chi connectivity index (χ0v) is 14.6. The molecule has 2 bridgehead atoms. The molecule has 1 aliphatic heterocycles. The molecule has 1 heterocycles. The van der Waals surface area contributed by atoms with Crippen molar-refractivity contribution in [3.63, 3.8) is 0 Å². The minimum Gasteiger partial charge on any atom is -0.303 e. The summed E-state index contributed by atoms with van der Waals surface area (Å²) in [5.41, 5.74) is 0.635. The van der Waals surface area contributed by atoms with Crippen LogP contribution in [0.15, 0.2) is 36.4 Å². The summed E-state index contributed by atoms with van der Waals surface area (Å²) in [6.45, 7) is 3.48. The smallest absolute Gasteiger partial charge is 0.162 e. The maximum absolute atomic E-state index is 13.0. The topological polar surface area (TPSA) is 20.3 Å². The summed E-state index contributed by atoms with van der Waals surface area (Å²) in [6.07, 6.45) is 9.44. The highest BCUT2D eigenvalue weighted by Crippen LogP contribution is 2.60. The van der Waals surface area contributed by atoms with Crippen molar-refractivity contribution in [2.75, 3.05) is 19.6 Å². The molecule has 0 spiro atoms. The molecule has 1 aromatic rings. The second kappa shape index (κ2) is 6.05. The third-order valence-electron chi connectivity index (χ3n) is 7.45. The number of hydrogen-bond acceptors (Lipinski definition) is 2. The normalized spacial score (nSPS) is 38.3. The van der Waals surface area contributed by atoms with Crippen molar-refractivity contribution >= 4 is 5.78 Å². The molecule has 0 radical (unpaired) electrons. The van der Waals surface area contributed by atoms with E-state index in [0.29, 0.717) is 12.0 Å². The SMILES string of the molecule is O=C(CCCN1CC2C3C=CC(C4CCC34)C2C1)c1ccc(F)cc1. The molecule has 5 aliphatic rings. The van der Waals surface area contributed by atoms with Gasteiger partial charge in [0.25, 0.3) is 0 Å². The maximum Gasteiger partial charge on any atom is 0.162 e. The van der Waals surface area contributed by atoms with Gasteiger partial charge in [-0.1, -0.05) is 12.2 Å². The van der Waals surface area contributed by atoms with Gasteiger partial charge in [-0.25, -0.2) is 4.39 Å². The van der Waals surface area contributed by atoms with E-state index in [2.05, 4.69) is 17.1 Å². The first-order chi connectivity index (χ1) is 12.2. The summed E-state index contributed by atoms with van der Waals surface area (Å²) in [4.78, 5) is 14.8. The van der Waals surface area contributed by atoms with E-state index < -0.39 is 0 Å². The van der Waals surface area contributed by atoms with Gasteiger partial charge in [0.05, 0.1) is 0 Å². The van der Waals surface area contributed by atoms with Gasteiger partial charge in [-0.15, -0.1) is 0 Å². The zero-order valence-electron chi connectivity index (χ0n) is 14.6. The Hall–Kier alpha value is -1.48. The van der Waals surface area contributed by atoms with Crippen LogP contribution in [-0.4, -0.2) is 30.3 Å². The number of likely N-dealkylation sites (tertiary alicyclic amines) is 1. The molecule has 1 saturated heterocycles. The molecule has 2 nitrogen and oxygen atoms in total. The van der Waals surface area contributed by atoms with Gasteiger partial charge < -0.3 is 4.90 Å². The zero-order chi connectivity index (χ0) is 17.0. The van der Waals surface area contributed by atoms with Crippen LogP contribution in [0, 0.1) is 41.3 Å². The fourth-order valence-corrected chi connectivity index (χ4v) is 6.15. The van der Waals surface area contributed by atoms with Gasteiger partial charge >= 0.3 is 0 Å². The largest absolute Gasteiger partial charge is 0.303 e. The van der Waals surface area contributed by atoms with E-state index in [9.17, 15) is 9.18 Å². The van der Waals surface area contributed by atoms with Crippen LogP contribution < -0.4 is 0 Å². The number of carbonyl (C=O) groups excluding carboxylic acids is 1. The minimum absolute atomic E-state index is 0.136. The van der Waals surface area contributed by atoms with E-state index in [4.69, 9.17) is 0 Å². The molecular formula is C22H26FNO. The summed E-state index contributed by atoms with van der Waals surface area (Å²) in [5, 5.41) is 0. The van der Waals surface area contributed by atoms with Gasteiger partial charge in [-0.2, -0.15) is 0 Å². The molecule has 0 aromatic heterocycles. The third-order valence-corrected chi connectivity index (χ3v) is 7.45. The summed E-state index contributed by atoms with van der Waals surface area (Å²) in [5.74, 6) is 5.21. The Morgan fingerprint density at radius 2 is 1.56 bits per heavy atom. The van der Waals surface area contributed by atoms with Crippen molar-refractivity contribution in [1.82, 2.24) is 4.90 Å². The number of hydrogen-bond donors (Lipinski definition) is 0. The van der Waals surface area contributed by atoms with E-state index in [1.165, 1.54) is 38.1 Å². The predicted octanol–water partition coefficient (Wildman–Crippen LogP) is 4.18. The summed E-state index contributed by atoms with van der Waals surface area (Å²) >= 11 is 0. The molecule has 3 fully saturated rings. The van der Waals surface area contributed by atoms with Crippen molar-refractivity contribution in [1.29, 1.82) is 0 Å². The van der Waals surface area contributed by atoms with Crippen LogP contribution in [0.25, 0.3) is 0 Å². The maximum atomic E-state index is 13.0. The van der Waals surface area contributed by atoms with Crippen molar-refractivity contribution in [3.05, 3.63) is 47.8 Å². The van der Waals surface area contributed by atoms with Crippen LogP contribution >= 0.6 is 0 Å². The molecule has 6 unspecified atom stereocenters. The second-order valence-electron chi connectivity index (χ2n) is 8.57. The number of rotatable bonds is 5. The Labute approximate surface area is 149 Å². The van der Waals surface area contributed by atoms with Crippen molar-refractivity contribution in [3.8, 4) is 0 Å². The first kappa shape index (κ1) is 15.7. The molecule has 1 aromatic carbocycles. The van der Waals surface area contributed by atoms with Gasteiger partial charge in [0.15, 0.2) is 5.78 Å². The third kappa shape index (κ3) is 2.59. The molecule has 0 amide bonds. The van der Waals surface area contributed by atoms with Gasteiger partial charge in [0.2, 0.25) is 0 Å². The lowest BCUT2D eigenvalue weighted by atomic mass is 9.47. The molecule has 0 N–H and O–H groups in total. The quantitative estimate of drug-likeness (QED) is 0.592. The van der Waals surface area contributed by atoms with Gasteiger partial charge in [-0.3, -0.25) is 4.79 Å². The molecule has 3 heteroatoms. The van der Waals surface area contributed by atoms with Crippen molar-refractivity contribution in [2.24, 2.45) is 35.5 Å². The van der Waals surface area contributed by atoms with E-state index in [1.54, 1.807) is 12.1 Å². The highest BCUT2D eigenvalue weighted by Gasteiger charge is 2.56. The average molecular weight is 339 g/mol. The van der Waals surface area contributed by atoms with Crippen LogP contribution in [0.3, 0.4) is 0 Å². The van der Waals surface area contributed by atoms with Crippen LogP contribution in [0.4, 0.5) is 4.39 Å². The Kier molecular flexibility index (Phi) is 3.81. The number of halogens is 1. The Morgan fingerprint density at radius 3 is 2.12 bits per heavy atom. The first-order valence-corrected chi connectivity index (χ1v) is 9.90. The fourth-order valence-electron chi connectivity index (χ4n) is 6.15. The van der Waals surface area contributed by atoms with E-state index in [0.717, 1.165) is 48.5 Å². The summed E-state index contributed by atoms with van der Waals surface area (Å²) in [7, 11) is 0. The molecule has 132 valence electrons. The average Bonchev–Trinajstić information content (AvgIpc) is 3.01. The molecule has 6 atom stereocenters. The highest BCUT2D eigenvalue weighted by molar-refractivity contribution is 5.95. The summed E-state index contributed by atoms with van der Waals surface area (Å²) in [6, 6.07) is 5.94. The Morgan fingerprint density at radius 1 is 0.960 bits per heavy atom. The van der Waals surface area contributed by atoms with E-state index in [1.807, 2.05) is 0 Å². The molecular weight excluding hydrogens is 313 g/mol. The van der Waals surface area contributed by atoms with Gasteiger partial charge in [0.1, 0.15) is 5.82 Å². The van der Waals surface area contributed by atoms with Gasteiger partial charge in [0, 0.05) is 25.1 Å². The van der Waals surface area contributed by atoms with Crippen LogP contribution in [0.1, 0.15) is 36.0 Å². The number of benzene rings is 1. The number of ketones is 1. The monoisotopic (exact) mass is 339 g/mol. The number of nitrogens with zero attached hydrogens (tertiary/aromatic N) is 1. The standard InChI is InChI=1S/C22H26FNO/c23-15-5-3-14(4-6-15)22(25)2-1-11-24-12-20-18-9-10-19(21(20)13-24)17-8-7-16(17)18/h3-6,9-10,16-21H,1-2,7-8,11-13H2. The van der Waals surface area contributed by atoms with Crippen molar-refractivity contribution in [2.45, 2.75) is 25.7 Å². The Balaban J connectivity index is 1.15. The van der Waals surface area contributed by atoms with E-state index in [-0.39, 0.29) is 11.6 Å². The van der Waals surface area contributed by atoms with Crippen LogP contribution in [0.5, 0.6) is 0 Å². The lowest BCUT2D eigenvalue weighted by Gasteiger charge is -2.57. The number of carbonyl (C=O) groups is 1. The fraction of sp³-hybridized carbons (Fsp3) is 0.591. The van der Waals surface area contributed by atoms with Gasteiger partial charge in [-0.05, 0) is 85.6 Å². The summed E-state index contributed by atoms with van der Waals surface area (Å²) < 4.78 is 13.0. The molecule has 4 aliphatic carbocycles. The van der Waals surface area contributed by atoms with Crippen LogP contribution in [-0.2, 0) is 0 Å². The van der Waals surface area contributed by atoms with Crippen LogP contribution in [0.2, 0.25) is 0 Å². The molecule has 25 heavy (non-hydrogen) atoms. The number of allylic oxidation sites excluding steroid dienone is 2. The first-order valence-electron chi connectivity index (χ1n) is 9.90. The lowest BCUT2D eigenvalue weighted by molar-refractivity contribution is -0.0355. The molecule has 6 rings (SSSR count). The number of Topliss-reactive ketones (excluding diaryl/α,β-unsaturated/α-hetero) is 1.